The van der Waals surface area contributed by atoms with Crippen LogP contribution in [0.25, 0.3) is 0 Å². The van der Waals surface area contributed by atoms with Gasteiger partial charge in [0.05, 0.1) is 6.54 Å². The fourth-order valence-corrected chi connectivity index (χ4v) is 5.62. The van der Waals surface area contributed by atoms with E-state index in [1.54, 1.807) is 0 Å². The Balaban J connectivity index is 1.54. The average Bonchev–Trinajstić information content (AvgIpc) is 2.95. The maximum absolute atomic E-state index is 2.48. The summed E-state index contributed by atoms with van der Waals surface area (Å²) in [6, 6.07) is 33.2. The van der Waals surface area contributed by atoms with Crippen LogP contribution in [0.1, 0.15) is 101 Å². The van der Waals surface area contributed by atoms with Gasteiger partial charge in [-0.05, 0) is 18.9 Å². The Labute approximate surface area is 234 Å². The maximum atomic E-state index is 2.48. The van der Waals surface area contributed by atoms with E-state index in [4.69, 9.17) is 0 Å². The van der Waals surface area contributed by atoms with Gasteiger partial charge in [0.15, 0.2) is 0 Å². The van der Waals surface area contributed by atoms with Gasteiger partial charge in [0.25, 0.3) is 0 Å². The van der Waals surface area contributed by atoms with Gasteiger partial charge in [-0.25, -0.2) is 0 Å². The first-order valence-corrected chi connectivity index (χ1v) is 15.4. The Morgan fingerprint density at radius 3 is 1.21 bits per heavy atom. The smallest absolute Gasteiger partial charge is 0.105 e. The van der Waals surface area contributed by atoms with Crippen molar-refractivity contribution in [3.63, 3.8) is 0 Å². The van der Waals surface area contributed by atoms with E-state index >= 15 is 0 Å². The Hall–Kier alpha value is -2.64. The first-order valence-electron chi connectivity index (χ1n) is 15.4. The van der Waals surface area contributed by atoms with E-state index in [9.17, 15) is 0 Å². The molecule has 0 amide bonds. The zero-order valence-corrected chi connectivity index (χ0v) is 24.1. The van der Waals surface area contributed by atoms with Gasteiger partial charge >= 0.3 is 0 Å². The number of rotatable bonds is 20. The number of benzene rings is 3. The molecule has 0 saturated carbocycles. The van der Waals surface area contributed by atoms with Gasteiger partial charge in [-0.1, -0.05) is 168 Å². The molecule has 0 aliphatic heterocycles. The highest BCUT2D eigenvalue weighted by Gasteiger charge is 2.27. The minimum Gasteiger partial charge on any atom is -0.309 e. The maximum Gasteiger partial charge on any atom is 0.105 e. The molecule has 3 rings (SSSR count). The van der Waals surface area contributed by atoms with E-state index < -0.39 is 0 Å². The Kier molecular flexibility index (Phi) is 14.6. The van der Waals surface area contributed by atoms with Crippen LogP contribution in [-0.2, 0) is 19.6 Å². The van der Waals surface area contributed by atoms with Crippen LogP contribution in [0.4, 0.5) is 0 Å². The number of hydrogen-bond acceptors (Lipinski definition) is 0. The van der Waals surface area contributed by atoms with E-state index in [0.29, 0.717) is 0 Å². The van der Waals surface area contributed by atoms with Crippen LogP contribution in [0.3, 0.4) is 0 Å². The molecule has 0 radical (unpaired) electrons. The van der Waals surface area contributed by atoms with Crippen LogP contribution >= 0.6 is 0 Å². The highest BCUT2D eigenvalue weighted by Crippen LogP contribution is 2.24. The molecule has 3 aromatic rings. The second-order valence-electron chi connectivity index (χ2n) is 11.3. The fraction of sp³-hybridized carbons (Fsp3) is 0.459. The topological polar surface area (TPSA) is 0 Å². The first-order chi connectivity index (χ1) is 18.8. The second-order valence-corrected chi connectivity index (χ2v) is 11.3. The van der Waals surface area contributed by atoms with Crippen LogP contribution in [0, 0.1) is 0 Å². The molecule has 0 bridgehead atoms. The average molecular weight is 511 g/mol. The van der Waals surface area contributed by atoms with Crippen molar-refractivity contribution in [1.82, 2.24) is 0 Å². The molecule has 0 saturated heterocycles. The molecule has 0 unspecified atom stereocenters. The van der Waals surface area contributed by atoms with Crippen molar-refractivity contribution in [3.8, 4) is 0 Å². The van der Waals surface area contributed by atoms with E-state index in [2.05, 4.69) is 110 Å². The molecule has 3 aromatic carbocycles. The molecular formula is C37H52N+. The predicted molar refractivity (Wildman–Crippen MR) is 166 cm³/mol. The second kappa shape index (κ2) is 18.6. The molecule has 0 aliphatic carbocycles. The van der Waals surface area contributed by atoms with Gasteiger partial charge < -0.3 is 4.48 Å². The molecular weight excluding hydrogens is 458 g/mol. The van der Waals surface area contributed by atoms with E-state index in [-0.39, 0.29) is 0 Å². The Bertz CT molecular complexity index is 876. The molecule has 0 aliphatic rings. The lowest BCUT2D eigenvalue weighted by atomic mass is 10.0. The largest absolute Gasteiger partial charge is 0.309 e. The van der Waals surface area contributed by atoms with Crippen molar-refractivity contribution in [1.29, 1.82) is 0 Å². The lowest BCUT2D eigenvalue weighted by Gasteiger charge is -2.38. The number of allylic oxidation sites excluding steroid dienone is 1. The molecule has 0 fully saturated rings. The SMILES string of the molecule is CCCCCCCCCCCCC/C=C/C[N+](Cc1ccccc1)(Cc1ccccc1)Cc1ccccc1. The first kappa shape index (κ1) is 29.9. The number of nitrogens with zero attached hydrogens (tertiary/aromatic N) is 1. The zero-order chi connectivity index (χ0) is 26.6. The highest BCUT2D eigenvalue weighted by atomic mass is 15.3. The highest BCUT2D eigenvalue weighted by molar-refractivity contribution is 5.17. The molecule has 0 N–H and O–H groups in total. The van der Waals surface area contributed by atoms with Crippen LogP contribution in [0.2, 0.25) is 0 Å². The van der Waals surface area contributed by atoms with Crippen molar-refractivity contribution in [2.24, 2.45) is 0 Å². The molecule has 1 nitrogen and oxygen atoms in total. The molecule has 1 heteroatoms. The molecule has 0 heterocycles. The van der Waals surface area contributed by atoms with Crippen LogP contribution in [0.5, 0.6) is 0 Å². The summed E-state index contributed by atoms with van der Waals surface area (Å²) >= 11 is 0. The van der Waals surface area contributed by atoms with Crippen molar-refractivity contribution in [2.75, 3.05) is 6.54 Å². The Morgan fingerprint density at radius 1 is 0.447 bits per heavy atom. The summed E-state index contributed by atoms with van der Waals surface area (Å²) in [5.74, 6) is 0. The fourth-order valence-electron chi connectivity index (χ4n) is 5.62. The normalized spacial score (nSPS) is 11.8. The van der Waals surface area contributed by atoms with Crippen LogP contribution < -0.4 is 0 Å². The number of quaternary nitrogens is 1. The van der Waals surface area contributed by atoms with E-state index in [0.717, 1.165) is 30.7 Å². The summed E-state index contributed by atoms with van der Waals surface area (Å²) in [5.41, 5.74) is 4.24. The van der Waals surface area contributed by atoms with E-state index in [1.807, 2.05) is 0 Å². The van der Waals surface area contributed by atoms with Crippen molar-refractivity contribution in [2.45, 2.75) is 104 Å². The van der Waals surface area contributed by atoms with E-state index in [1.165, 1.54) is 93.7 Å². The van der Waals surface area contributed by atoms with Gasteiger partial charge in [0.1, 0.15) is 19.6 Å². The van der Waals surface area contributed by atoms with Crippen LogP contribution in [-0.4, -0.2) is 11.0 Å². The molecule has 204 valence electrons. The molecule has 0 spiro atoms. The standard InChI is InChI=1S/C37H52N/c1-2-3-4-5-6-7-8-9-10-11-12-13-14-24-31-38(32-35-25-18-15-19-26-35,33-36-27-20-16-21-28-36)34-37-29-22-17-23-30-37/h14-30H,2-13,31-34H2,1H3/q+1/b24-14+. The third kappa shape index (κ3) is 12.3. The third-order valence-electron chi connectivity index (χ3n) is 7.72. The summed E-state index contributed by atoms with van der Waals surface area (Å²) in [6.07, 6.45) is 21.6. The predicted octanol–water partition coefficient (Wildman–Crippen LogP) is 10.7. The Morgan fingerprint density at radius 2 is 0.816 bits per heavy atom. The molecule has 0 atom stereocenters. The quantitative estimate of drug-likeness (QED) is 0.0805. The van der Waals surface area contributed by atoms with Crippen molar-refractivity contribution in [3.05, 3.63) is 120 Å². The lowest BCUT2D eigenvalue weighted by Crippen LogP contribution is -2.46. The zero-order valence-electron chi connectivity index (χ0n) is 24.1. The molecule has 0 aromatic heterocycles. The summed E-state index contributed by atoms with van der Waals surface area (Å²) in [5, 5.41) is 0. The van der Waals surface area contributed by atoms with Gasteiger partial charge in [0.2, 0.25) is 0 Å². The van der Waals surface area contributed by atoms with Crippen molar-refractivity contribution >= 4 is 0 Å². The number of hydrogen-bond donors (Lipinski definition) is 0. The van der Waals surface area contributed by atoms with Gasteiger partial charge in [-0.3, -0.25) is 0 Å². The third-order valence-corrected chi connectivity index (χ3v) is 7.72. The van der Waals surface area contributed by atoms with Gasteiger partial charge in [-0.2, -0.15) is 0 Å². The number of unbranched alkanes of at least 4 members (excludes halogenated alkanes) is 11. The van der Waals surface area contributed by atoms with Gasteiger partial charge in [-0.15, -0.1) is 0 Å². The van der Waals surface area contributed by atoms with Crippen molar-refractivity contribution < 1.29 is 4.48 Å². The molecule has 38 heavy (non-hydrogen) atoms. The monoisotopic (exact) mass is 510 g/mol. The summed E-state index contributed by atoms with van der Waals surface area (Å²) in [4.78, 5) is 0. The summed E-state index contributed by atoms with van der Waals surface area (Å²) in [6.45, 7) is 6.45. The summed E-state index contributed by atoms with van der Waals surface area (Å²) in [7, 11) is 0. The summed E-state index contributed by atoms with van der Waals surface area (Å²) < 4.78 is 1.01. The van der Waals surface area contributed by atoms with Crippen LogP contribution in [0.15, 0.2) is 103 Å². The lowest BCUT2D eigenvalue weighted by molar-refractivity contribution is -0.961. The minimum absolute atomic E-state index is 1.01. The minimum atomic E-state index is 1.01. The van der Waals surface area contributed by atoms with Gasteiger partial charge in [0, 0.05) is 16.7 Å².